The molecule has 3 amide bonds. The maximum Gasteiger partial charge on any atom is 0.408 e. The minimum Gasteiger partial charge on any atom is -0.480 e. The number of hydrogen-bond acceptors (Lipinski definition) is 6. The highest BCUT2D eigenvalue weighted by Gasteiger charge is 2.25. The van der Waals surface area contributed by atoms with Crippen LogP contribution in [0.3, 0.4) is 0 Å². The van der Waals surface area contributed by atoms with Crippen molar-refractivity contribution in [1.29, 1.82) is 0 Å². The van der Waals surface area contributed by atoms with Gasteiger partial charge in [-0.05, 0) is 52.7 Å². The Morgan fingerprint density at radius 2 is 1.05 bits per heavy atom. The van der Waals surface area contributed by atoms with Gasteiger partial charge in [0, 0.05) is 19.9 Å². The average molecular weight is 544 g/mol. The van der Waals surface area contributed by atoms with Crippen molar-refractivity contribution in [2.24, 2.45) is 0 Å². The quantitative estimate of drug-likeness (QED) is 0.393. The number of benzene rings is 2. The summed E-state index contributed by atoms with van der Waals surface area (Å²) in [5.41, 5.74) is 0.562. The molecule has 2 unspecified atom stereocenters. The Hall–Kier alpha value is -4.08. The molecule has 0 bridgehead atoms. The SMILES string of the molecule is CC(C)(C)OC(=O)NC(Cc1ccccc1)C(=O)O.CNC(=O)C(Cc1ccccc1)NC(=O)OC(C)(C)C. The van der Waals surface area contributed by atoms with Crippen LogP contribution in [0.4, 0.5) is 9.59 Å². The number of carbonyl (C=O) groups is 4. The Balaban J connectivity index is 0.000000391. The Morgan fingerprint density at radius 3 is 1.38 bits per heavy atom. The lowest BCUT2D eigenvalue weighted by Crippen LogP contribution is -2.48. The first-order valence-corrected chi connectivity index (χ1v) is 12.6. The molecule has 0 saturated carbocycles. The molecule has 39 heavy (non-hydrogen) atoms. The molecule has 0 radical (unpaired) electrons. The van der Waals surface area contributed by atoms with Crippen LogP contribution in [-0.2, 0) is 31.9 Å². The van der Waals surface area contributed by atoms with Crippen molar-refractivity contribution in [3.8, 4) is 0 Å². The number of aliphatic carboxylic acids is 1. The number of amides is 3. The van der Waals surface area contributed by atoms with Gasteiger partial charge in [-0.3, -0.25) is 4.79 Å². The first kappa shape index (κ1) is 32.9. The van der Waals surface area contributed by atoms with Gasteiger partial charge < -0.3 is 30.5 Å². The predicted octanol–water partition coefficient (Wildman–Crippen LogP) is 4.08. The molecular weight excluding hydrogens is 502 g/mol. The van der Waals surface area contributed by atoms with E-state index in [2.05, 4.69) is 16.0 Å². The normalized spacial score (nSPS) is 12.5. The molecule has 2 aromatic rings. The molecule has 0 saturated heterocycles. The fraction of sp³-hybridized carbons (Fsp3) is 0.448. The minimum atomic E-state index is -1.09. The Bertz CT molecular complexity index is 1060. The zero-order valence-electron chi connectivity index (χ0n) is 23.7. The Morgan fingerprint density at radius 1 is 0.692 bits per heavy atom. The van der Waals surface area contributed by atoms with Gasteiger partial charge in [0.05, 0.1) is 0 Å². The third-order valence-electron chi connectivity index (χ3n) is 4.81. The van der Waals surface area contributed by atoms with Gasteiger partial charge in [-0.15, -0.1) is 0 Å². The molecule has 0 aromatic heterocycles. The van der Waals surface area contributed by atoms with Gasteiger partial charge in [-0.25, -0.2) is 14.4 Å². The van der Waals surface area contributed by atoms with Crippen LogP contribution >= 0.6 is 0 Å². The number of hydrogen-bond donors (Lipinski definition) is 4. The summed E-state index contributed by atoms with van der Waals surface area (Å²) in [5, 5.41) is 16.6. The van der Waals surface area contributed by atoms with Gasteiger partial charge >= 0.3 is 18.2 Å². The monoisotopic (exact) mass is 543 g/mol. The maximum absolute atomic E-state index is 11.8. The van der Waals surface area contributed by atoms with Crippen molar-refractivity contribution >= 4 is 24.1 Å². The zero-order valence-corrected chi connectivity index (χ0v) is 23.7. The molecule has 10 nitrogen and oxygen atoms in total. The van der Waals surface area contributed by atoms with Gasteiger partial charge in [-0.2, -0.15) is 0 Å². The standard InChI is InChI=1S/C15H22N2O3.C14H19NO4/c1-15(2,3)20-14(19)17-12(13(18)16-4)10-11-8-6-5-7-9-11;1-14(2,3)19-13(18)15-11(12(16)17)9-10-7-5-4-6-8-10/h5-9,12H,10H2,1-4H3,(H,16,18)(H,17,19);4-8,11H,9H2,1-3H3,(H,15,18)(H,16,17). The molecule has 0 heterocycles. The van der Waals surface area contributed by atoms with Crippen LogP contribution < -0.4 is 16.0 Å². The summed E-state index contributed by atoms with van der Waals surface area (Å²) in [6.45, 7) is 10.5. The van der Waals surface area contributed by atoms with Crippen LogP contribution in [0, 0.1) is 0 Å². The maximum atomic E-state index is 11.8. The van der Waals surface area contributed by atoms with E-state index >= 15 is 0 Å². The summed E-state index contributed by atoms with van der Waals surface area (Å²) in [6.07, 6.45) is -0.687. The van der Waals surface area contributed by atoms with Gasteiger partial charge in [-0.1, -0.05) is 60.7 Å². The van der Waals surface area contributed by atoms with Gasteiger partial charge in [0.1, 0.15) is 23.3 Å². The van der Waals surface area contributed by atoms with Crippen LogP contribution in [0.1, 0.15) is 52.7 Å². The number of rotatable bonds is 8. The molecule has 0 aliphatic heterocycles. The second-order valence-electron chi connectivity index (χ2n) is 10.7. The molecule has 214 valence electrons. The van der Waals surface area contributed by atoms with Crippen molar-refractivity contribution < 1.29 is 33.8 Å². The second kappa shape index (κ2) is 15.4. The summed E-state index contributed by atoms with van der Waals surface area (Å²) in [5.74, 6) is -1.34. The molecule has 2 atom stereocenters. The zero-order chi connectivity index (χ0) is 29.6. The van der Waals surface area contributed by atoms with Gasteiger partial charge in [0.2, 0.25) is 5.91 Å². The van der Waals surface area contributed by atoms with E-state index < -0.39 is 41.4 Å². The van der Waals surface area contributed by atoms with Crippen LogP contribution in [0.2, 0.25) is 0 Å². The highest BCUT2D eigenvalue weighted by atomic mass is 16.6. The van der Waals surface area contributed by atoms with Crippen LogP contribution in [0.15, 0.2) is 60.7 Å². The summed E-state index contributed by atoms with van der Waals surface area (Å²) < 4.78 is 10.2. The molecule has 0 fully saturated rings. The van der Waals surface area contributed by atoms with Gasteiger partial charge in [0.15, 0.2) is 0 Å². The van der Waals surface area contributed by atoms with Crippen molar-refractivity contribution in [3.05, 3.63) is 71.8 Å². The molecule has 0 spiro atoms. The first-order chi connectivity index (χ1) is 18.1. The Kier molecular flexibility index (Phi) is 13.0. The number of carboxylic acid groups (broad SMARTS) is 1. The molecule has 0 aliphatic carbocycles. The van der Waals surface area contributed by atoms with Crippen molar-refractivity contribution in [1.82, 2.24) is 16.0 Å². The van der Waals surface area contributed by atoms with E-state index in [0.717, 1.165) is 11.1 Å². The van der Waals surface area contributed by atoms with E-state index in [9.17, 15) is 19.2 Å². The molecule has 2 aromatic carbocycles. The number of carbonyl (C=O) groups excluding carboxylic acids is 3. The fourth-order valence-corrected chi connectivity index (χ4v) is 3.18. The van der Waals surface area contributed by atoms with Crippen LogP contribution in [0.5, 0.6) is 0 Å². The molecule has 2 rings (SSSR count). The van der Waals surface area contributed by atoms with Gasteiger partial charge in [0.25, 0.3) is 0 Å². The second-order valence-corrected chi connectivity index (χ2v) is 10.7. The Labute approximate surface area is 230 Å². The first-order valence-electron chi connectivity index (χ1n) is 12.6. The van der Waals surface area contributed by atoms with Crippen molar-refractivity contribution in [2.75, 3.05) is 7.05 Å². The third-order valence-corrected chi connectivity index (χ3v) is 4.81. The number of carboxylic acids is 1. The smallest absolute Gasteiger partial charge is 0.408 e. The lowest BCUT2D eigenvalue weighted by Gasteiger charge is -2.23. The number of likely N-dealkylation sites (N-methyl/N-ethyl adjacent to an activating group) is 1. The summed E-state index contributed by atoms with van der Waals surface area (Å²) in [7, 11) is 1.54. The minimum absolute atomic E-state index is 0.218. The molecular formula is C29H41N3O7. The van der Waals surface area contributed by atoms with Crippen molar-refractivity contribution in [3.63, 3.8) is 0 Å². The lowest BCUT2D eigenvalue weighted by molar-refractivity contribution is -0.139. The molecule has 4 N–H and O–H groups in total. The third kappa shape index (κ3) is 15.1. The summed E-state index contributed by atoms with van der Waals surface area (Å²) >= 11 is 0. The molecule has 0 aliphatic rings. The average Bonchev–Trinajstić information content (AvgIpc) is 2.82. The lowest BCUT2D eigenvalue weighted by atomic mass is 10.1. The molecule has 10 heteroatoms. The van der Waals surface area contributed by atoms with E-state index in [1.165, 1.54) is 7.05 Å². The predicted molar refractivity (Wildman–Crippen MR) is 148 cm³/mol. The van der Waals surface area contributed by atoms with E-state index in [1.54, 1.807) is 41.5 Å². The number of ether oxygens (including phenoxy) is 2. The number of nitrogens with one attached hydrogen (secondary N) is 3. The van der Waals surface area contributed by atoms with E-state index in [-0.39, 0.29) is 12.3 Å². The van der Waals surface area contributed by atoms with E-state index in [4.69, 9.17) is 14.6 Å². The topological polar surface area (TPSA) is 143 Å². The number of alkyl carbamates (subject to hydrolysis) is 2. The highest BCUT2D eigenvalue weighted by Crippen LogP contribution is 2.10. The van der Waals surface area contributed by atoms with E-state index in [0.29, 0.717) is 6.42 Å². The van der Waals surface area contributed by atoms with Crippen molar-refractivity contribution in [2.45, 2.75) is 77.7 Å². The summed E-state index contributed by atoms with van der Waals surface area (Å²) in [6, 6.07) is 17.0. The largest absolute Gasteiger partial charge is 0.480 e. The highest BCUT2D eigenvalue weighted by molar-refractivity contribution is 5.85. The van der Waals surface area contributed by atoms with Crippen LogP contribution in [0.25, 0.3) is 0 Å². The summed E-state index contributed by atoms with van der Waals surface area (Å²) in [4.78, 5) is 46.3. The fourth-order valence-electron chi connectivity index (χ4n) is 3.18. The van der Waals surface area contributed by atoms with Crippen LogP contribution in [-0.4, -0.2) is 59.5 Å². The van der Waals surface area contributed by atoms with E-state index in [1.807, 2.05) is 60.7 Å².